The Balaban J connectivity index is 2.18. The van der Waals surface area contributed by atoms with Crippen LogP contribution in [0.15, 0.2) is 17.3 Å². The van der Waals surface area contributed by atoms with E-state index in [0.717, 1.165) is 12.8 Å². The van der Waals surface area contributed by atoms with Gasteiger partial charge in [0.25, 0.3) is 0 Å². The van der Waals surface area contributed by atoms with Gasteiger partial charge >= 0.3 is 0 Å². The van der Waals surface area contributed by atoms with Crippen molar-refractivity contribution >= 4 is 21.6 Å². The summed E-state index contributed by atoms with van der Waals surface area (Å²) in [5.41, 5.74) is -0.587. The van der Waals surface area contributed by atoms with Crippen LogP contribution in [0.4, 0.5) is 0 Å². The Kier molecular flexibility index (Phi) is 3.86. The average molecular weight is 292 g/mol. The lowest BCUT2D eigenvalue weighted by Crippen LogP contribution is -2.51. The van der Waals surface area contributed by atoms with Crippen molar-refractivity contribution in [1.82, 2.24) is 14.7 Å². The van der Waals surface area contributed by atoms with Crippen LogP contribution in [-0.4, -0.2) is 37.1 Å². The molecule has 0 saturated carbocycles. The molecule has 0 aliphatic carbocycles. The van der Waals surface area contributed by atoms with Gasteiger partial charge in [0.05, 0.1) is 24.5 Å². The highest BCUT2D eigenvalue weighted by Gasteiger charge is 2.33. The molecule has 2 heterocycles. The van der Waals surface area contributed by atoms with Crippen molar-refractivity contribution in [3.05, 3.63) is 17.7 Å². The summed E-state index contributed by atoms with van der Waals surface area (Å²) in [4.78, 5) is 7.33. The molecule has 0 bridgehead atoms. The van der Waals surface area contributed by atoms with Crippen LogP contribution in [-0.2, 0) is 14.8 Å². The van der Waals surface area contributed by atoms with Crippen LogP contribution in [0.25, 0.3) is 0 Å². The van der Waals surface area contributed by atoms with Crippen molar-refractivity contribution in [3.63, 3.8) is 0 Å². The third-order valence-corrected chi connectivity index (χ3v) is 4.51. The molecule has 1 aromatic heterocycles. The molecule has 1 saturated heterocycles. The number of aromatic nitrogens is 2. The smallest absolute Gasteiger partial charge is 0.244 e. The van der Waals surface area contributed by atoms with Crippen LogP contribution < -0.4 is 4.72 Å². The lowest BCUT2D eigenvalue weighted by Gasteiger charge is -2.33. The standard InChI is InChI=1S/C10H14ClN3O3S/c1-10(3-2-4-17-7-10)14-18(15,16)8-5-12-9(11)13-6-8/h5-6,14H,2-4,7H2,1H3. The first-order valence-electron chi connectivity index (χ1n) is 5.51. The second-order valence-electron chi connectivity index (χ2n) is 4.51. The second kappa shape index (κ2) is 5.08. The van der Waals surface area contributed by atoms with E-state index in [-0.39, 0.29) is 10.2 Å². The maximum absolute atomic E-state index is 12.1. The zero-order valence-corrected chi connectivity index (χ0v) is 11.5. The van der Waals surface area contributed by atoms with Gasteiger partial charge in [0.15, 0.2) is 0 Å². The van der Waals surface area contributed by atoms with E-state index in [1.165, 1.54) is 12.4 Å². The number of hydrogen-bond donors (Lipinski definition) is 1. The molecule has 0 spiro atoms. The van der Waals surface area contributed by atoms with E-state index < -0.39 is 15.6 Å². The molecular weight excluding hydrogens is 278 g/mol. The van der Waals surface area contributed by atoms with E-state index in [2.05, 4.69) is 14.7 Å². The number of sulfonamides is 1. The van der Waals surface area contributed by atoms with Gasteiger partial charge < -0.3 is 4.74 Å². The van der Waals surface area contributed by atoms with Gasteiger partial charge in [0, 0.05) is 6.61 Å². The molecule has 1 N–H and O–H groups in total. The predicted octanol–water partition coefficient (Wildman–Crippen LogP) is 0.977. The monoisotopic (exact) mass is 291 g/mol. The van der Waals surface area contributed by atoms with Crippen LogP contribution in [0.5, 0.6) is 0 Å². The summed E-state index contributed by atoms with van der Waals surface area (Å²) >= 11 is 5.52. The lowest BCUT2D eigenvalue weighted by atomic mass is 9.97. The third-order valence-electron chi connectivity index (χ3n) is 2.73. The molecule has 1 atom stereocenters. The van der Waals surface area contributed by atoms with Crippen molar-refractivity contribution in [2.24, 2.45) is 0 Å². The SMILES string of the molecule is CC1(NS(=O)(=O)c2cnc(Cl)nc2)CCCOC1. The van der Waals surface area contributed by atoms with E-state index in [4.69, 9.17) is 16.3 Å². The van der Waals surface area contributed by atoms with Gasteiger partial charge in [-0.05, 0) is 31.4 Å². The molecule has 1 unspecified atom stereocenters. The highest BCUT2D eigenvalue weighted by Crippen LogP contribution is 2.21. The van der Waals surface area contributed by atoms with Crippen LogP contribution >= 0.6 is 11.6 Å². The van der Waals surface area contributed by atoms with Crippen LogP contribution in [0.1, 0.15) is 19.8 Å². The Morgan fingerprint density at radius 2 is 2.11 bits per heavy atom. The Morgan fingerprint density at radius 1 is 1.44 bits per heavy atom. The summed E-state index contributed by atoms with van der Waals surface area (Å²) in [5, 5.41) is 0.0150. The average Bonchev–Trinajstić information content (AvgIpc) is 2.29. The maximum atomic E-state index is 12.1. The number of nitrogens with zero attached hydrogens (tertiary/aromatic N) is 2. The van der Waals surface area contributed by atoms with E-state index >= 15 is 0 Å². The molecule has 1 aromatic rings. The molecule has 6 nitrogen and oxygen atoms in total. The quantitative estimate of drug-likeness (QED) is 0.840. The third kappa shape index (κ3) is 3.17. The van der Waals surface area contributed by atoms with Gasteiger partial charge in [0.2, 0.25) is 15.3 Å². The Bertz CT molecular complexity index is 512. The van der Waals surface area contributed by atoms with Crippen LogP contribution in [0.2, 0.25) is 5.28 Å². The van der Waals surface area contributed by atoms with Crippen molar-refractivity contribution in [1.29, 1.82) is 0 Å². The van der Waals surface area contributed by atoms with E-state index in [1.807, 2.05) is 6.92 Å². The van der Waals surface area contributed by atoms with Crippen LogP contribution in [0, 0.1) is 0 Å². The number of ether oxygens (including phenoxy) is 1. The van der Waals surface area contributed by atoms with Crippen molar-refractivity contribution < 1.29 is 13.2 Å². The van der Waals surface area contributed by atoms with Gasteiger partial charge in [0.1, 0.15) is 4.90 Å². The fourth-order valence-electron chi connectivity index (χ4n) is 1.84. The number of nitrogens with one attached hydrogen (secondary N) is 1. The molecule has 8 heteroatoms. The van der Waals surface area contributed by atoms with E-state index in [9.17, 15) is 8.42 Å². The Hall–Kier alpha value is -0.760. The molecule has 0 amide bonds. The summed E-state index contributed by atoms with van der Waals surface area (Å²) < 4.78 is 32.2. The van der Waals surface area contributed by atoms with Crippen LogP contribution in [0.3, 0.4) is 0 Å². The zero-order chi connectivity index (χ0) is 13.2. The Morgan fingerprint density at radius 3 is 2.67 bits per heavy atom. The topological polar surface area (TPSA) is 81.2 Å². The Labute approximate surface area is 111 Å². The van der Waals surface area contributed by atoms with Gasteiger partial charge in [-0.2, -0.15) is 0 Å². The summed E-state index contributed by atoms with van der Waals surface area (Å²) in [5.74, 6) is 0. The van der Waals surface area contributed by atoms with Crippen molar-refractivity contribution in [3.8, 4) is 0 Å². The minimum absolute atomic E-state index is 0.00121. The minimum Gasteiger partial charge on any atom is -0.380 e. The minimum atomic E-state index is -3.65. The number of hydrogen-bond acceptors (Lipinski definition) is 5. The molecule has 18 heavy (non-hydrogen) atoms. The first kappa shape index (κ1) is 13.7. The summed E-state index contributed by atoms with van der Waals surface area (Å²) in [6.07, 6.45) is 3.94. The molecule has 0 radical (unpaired) electrons. The van der Waals surface area contributed by atoms with Gasteiger partial charge in [-0.25, -0.2) is 23.1 Å². The highest BCUT2D eigenvalue weighted by atomic mass is 35.5. The largest absolute Gasteiger partial charge is 0.380 e. The molecular formula is C10H14ClN3O3S. The van der Waals surface area contributed by atoms with Gasteiger partial charge in [-0.15, -0.1) is 0 Å². The van der Waals surface area contributed by atoms with Gasteiger partial charge in [-0.3, -0.25) is 0 Å². The lowest BCUT2D eigenvalue weighted by molar-refractivity contribution is 0.0386. The number of rotatable bonds is 3. The molecule has 1 fully saturated rings. The highest BCUT2D eigenvalue weighted by molar-refractivity contribution is 7.89. The fourth-order valence-corrected chi connectivity index (χ4v) is 3.25. The molecule has 1 aliphatic rings. The second-order valence-corrected chi connectivity index (χ2v) is 6.53. The van der Waals surface area contributed by atoms with Crippen molar-refractivity contribution in [2.75, 3.05) is 13.2 Å². The molecule has 2 rings (SSSR count). The first-order valence-corrected chi connectivity index (χ1v) is 7.37. The molecule has 1 aliphatic heterocycles. The summed E-state index contributed by atoms with van der Waals surface area (Å²) in [6.45, 7) is 2.85. The van der Waals surface area contributed by atoms with Gasteiger partial charge in [-0.1, -0.05) is 0 Å². The molecule has 100 valence electrons. The summed E-state index contributed by atoms with van der Waals surface area (Å²) in [7, 11) is -3.65. The fraction of sp³-hybridized carbons (Fsp3) is 0.600. The van der Waals surface area contributed by atoms with E-state index in [1.54, 1.807) is 0 Å². The number of halogens is 1. The predicted molar refractivity (Wildman–Crippen MR) is 65.8 cm³/mol. The van der Waals surface area contributed by atoms with E-state index in [0.29, 0.717) is 13.2 Å². The molecule has 0 aromatic carbocycles. The van der Waals surface area contributed by atoms with Crippen molar-refractivity contribution in [2.45, 2.75) is 30.2 Å². The zero-order valence-electron chi connectivity index (χ0n) is 9.89. The summed E-state index contributed by atoms with van der Waals surface area (Å²) in [6, 6.07) is 0. The maximum Gasteiger partial charge on any atom is 0.244 e. The normalized spacial score (nSPS) is 25.0. The first-order chi connectivity index (χ1) is 8.41.